The molecule has 1 aliphatic heterocycles. The van der Waals surface area contributed by atoms with Crippen molar-refractivity contribution in [1.82, 2.24) is 10.6 Å². The molecule has 2 N–H and O–H groups in total. The van der Waals surface area contributed by atoms with E-state index in [1.807, 2.05) is 6.92 Å². The van der Waals surface area contributed by atoms with Gasteiger partial charge in [-0.3, -0.25) is 4.79 Å². The summed E-state index contributed by atoms with van der Waals surface area (Å²) in [6, 6.07) is 0.212. The Morgan fingerprint density at radius 2 is 2.44 bits per heavy atom. The molecule has 2 unspecified atom stereocenters. The Balaban J connectivity index is 2.13. The van der Waals surface area contributed by atoms with Crippen LogP contribution in [0.4, 0.5) is 0 Å². The molecule has 0 saturated carbocycles. The van der Waals surface area contributed by atoms with Crippen LogP contribution in [0.2, 0.25) is 0 Å². The van der Waals surface area contributed by atoms with Gasteiger partial charge in [0.15, 0.2) is 0 Å². The van der Waals surface area contributed by atoms with E-state index < -0.39 is 0 Å². The highest BCUT2D eigenvalue weighted by atomic mass is 16.5. The van der Waals surface area contributed by atoms with Crippen LogP contribution in [0.3, 0.4) is 0 Å². The molecule has 1 rings (SSSR count). The maximum atomic E-state index is 11.7. The Labute approximate surface area is 98.1 Å². The van der Waals surface area contributed by atoms with Gasteiger partial charge in [0.2, 0.25) is 5.91 Å². The second-order valence-electron chi connectivity index (χ2n) is 4.67. The summed E-state index contributed by atoms with van der Waals surface area (Å²) in [6.07, 6.45) is 3.90. The molecule has 16 heavy (non-hydrogen) atoms. The Kier molecular flexibility index (Phi) is 6.42. The molecule has 1 aliphatic rings. The van der Waals surface area contributed by atoms with Crippen molar-refractivity contribution in [3.8, 4) is 0 Å². The first kappa shape index (κ1) is 13.5. The zero-order valence-corrected chi connectivity index (χ0v) is 10.4. The number of methoxy groups -OCH3 is 1. The van der Waals surface area contributed by atoms with Crippen LogP contribution >= 0.6 is 0 Å². The van der Waals surface area contributed by atoms with Gasteiger partial charge in [0.05, 0.1) is 0 Å². The average Bonchev–Trinajstić information content (AvgIpc) is 2.27. The summed E-state index contributed by atoms with van der Waals surface area (Å²) in [5.74, 6) is 0.695. The monoisotopic (exact) mass is 228 g/mol. The number of nitrogens with one attached hydrogen (secondary N) is 2. The summed E-state index contributed by atoms with van der Waals surface area (Å²) in [7, 11) is 1.68. The van der Waals surface area contributed by atoms with Gasteiger partial charge in [0, 0.05) is 26.2 Å². The lowest BCUT2D eigenvalue weighted by Gasteiger charge is -2.23. The molecule has 94 valence electrons. The SMILES string of the molecule is COCCC(C)NC(=O)CC1CCCNC1. The number of amides is 1. The normalized spacial score (nSPS) is 22.8. The van der Waals surface area contributed by atoms with E-state index in [1.54, 1.807) is 7.11 Å². The smallest absolute Gasteiger partial charge is 0.220 e. The molecule has 0 aromatic heterocycles. The number of piperidine rings is 1. The van der Waals surface area contributed by atoms with Crippen LogP contribution in [0.25, 0.3) is 0 Å². The average molecular weight is 228 g/mol. The van der Waals surface area contributed by atoms with Crippen molar-refractivity contribution >= 4 is 5.91 Å². The minimum absolute atomic E-state index is 0.178. The lowest BCUT2D eigenvalue weighted by molar-refractivity contribution is -0.122. The fourth-order valence-electron chi connectivity index (χ4n) is 2.06. The Morgan fingerprint density at radius 3 is 3.06 bits per heavy atom. The first-order valence-electron chi connectivity index (χ1n) is 6.21. The quantitative estimate of drug-likeness (QED) is 0.710. The number of carbonyl (C=O) groups is 1. The van der Waals surface area contributed by atoms with E-state index in [0.717, 1.165) is 19.5 Å². The molecule has 0 spiro atoms. The lowest BCUT2D eigenvalue weighted by Crippen LogP contribution is -2.37. The molecular formula is C12H24N2O2. The molecule has 0 aromatic rings. The van der Waals surface area contributed by atoms with Crippen LogP contribution < -0.4 is 10.6 Å². The van der Waals surface area contributed by atoms with Crippen LogP contribution in [0, 0.1) is 5.92 Å². The van der Waals surface area contributed by atoms with Gasteiger partial charge in [0.1, 0.15) is 0 Å². The van der Waals surface area contributed by atoms with Gasteiger partial charge in [-0.2, -0.15) is 0 Å². The number of rotatable bonds is 6. The summed E-state index contributed by atoms with van der Waals surface area (Å²) in [4.78, 5) is 11.7. The van der Waals surface area contributed by atoms with Crippen molar-refractivity contribution in [3.05, 3.63) is 0 Å². The zero-order valence-electron chi connectivity index (χ0n) is 10.4. The predicted molar refractivity (Wildman–Crippen MR) is 64.3 cm³/mol. The highest BCUT2D eigenvalue weighted by Gasteiger charge is 2.17. The fourth-order valence-corrected chi connectivity index (χ4v) is 2.06. The third kappa shape index (κ3) is 5.47. The molecule has 1 saturated heterocycles. The van der Waals surface area contributed by atoms with Gasteiger partial charge in [-0.15, -0.1) is 0 Å². The Bertz CT molecular complexity index is 203. The van der Waals surface area contributed by atoms with Gasteiger partial charge in [-0.05, 0) is 45.2 Å². The van der Waals surface area contributed by atoms with Crippen LogP contribution in [0.15, 0.2) is 0 Å². The Hall–Kier alpha value is -0.610. The summed E-state index contributed by atoms with van der Waals surface area (Å²) >= 11 is 0. The van der Waals surface area contributed by atoms with E-state index >= 15 is 0 Å². The summed E-state index contributed by atoms with van der Waals surface area (Å²) in [6.45, 7) is 4.81. The number of carbonyl (C=O) groups excluding carboxylic acids is 1. The van der Waals surface area contributed by atoms with Gasteiger partial charge in [-0.1, -0.05) is 0 Å². The first-order chi connectivity index (χ1) is 7.72. The van der Waals surface area contributed by atoms with E-state index in [2.05, 4.69) is 10.6 Å². The summed E-state index contributed by atoms with van der Waals surface area (Å²) in [5, 5.41) is 6.34. The predicted octanol–water partition coefficient (Wildman–Crippen LogP) is 0.917. The molecule has 0 aromatic carbocycles. The standard InChI is InChI=1S/C12H24N2O2/c1-10(5-7-16-2)14-12(15)8-11-4-3-6-13-9-11/h10-11,13H,3-9H2,1-2H3,(H,14,15). The molecule has 1 heterocycles. The third-order valence-electron chi connectivity index (χ3n) is 3.04. The molecule has 0 radical (unpaired) electrons. The van der Waals surface area contributed by atoms with Gasteiger partial charge < -0.3 is 15.4 Å². The third-order valence-corrected chi connectivity index (χ3v) is 3.04. The van der Waals surface area contributed by atoms with Crippen LogP contribution in [-0.4, -0.2) is 38.8 Å². The largest absolute Gasteiger partial charge is 0.385 e. The number of hydrogen-bond donors (Lipinski definition) is 2. The summed E-state index contributed by atoms with van der Waals surface area (Å²) < 4.78 is 4.98. The Morgan fingerprint density at radius 1 is 1.62 bits per heavy atom. The highest BCUT2D eigenvalue weighted by Crippen LogP contribution is 2.13. The van der Waals surface area contributed by atoms with Crippen molar-refractivity contribution in [1.29, 1.82) is 0 Å². The fraction of sp³-hybridized carbons (Fsp3) is 0.917. The number of hydrogen-bond acceptors (Lipinski definition) is 3. The van der Waals surface area contributed by atoms with E-state index in [-0.39, 0.29) is 11.9 Å². The van der Waals surface area contributed by atoms with Crippen LogP contribution in [0.1, 0.15) is 32.6 Å². The number of ether oxygens (including phenoxy) is 1. The van der Waals surface area contributed by atoms with Crippen molar-refractivity contribution in [2.75, 3.05) is 26.8 Å². The molecule has 4 heteroatoms. The zero-order chi connectivity index (χ0) is 11.8. The molecule has 2 atom stereocenters. The van der Waals surface area contributed by atoms with Gasteiger partial charge >= 0.3 is 0 Å². The van der Waals surface area contributed by atoms with Crippen molar-refractivity contribution in [3.63, 3.8) is 0 Å². The molecule has 1 fully saturated rings. The lowest BCUT2D eigenvalue weighted by atomic mass is 9.96. The topological polar surface area (TPSA) is 50.4 Å². The second kappa shape index (κ2) is 7.63. The van der Waals surface area contributed by atoms with E-state index in [4.69, 9.17) is 4.74 Å². The summed E-state index contributed by atoms with van der Waals surface area (Å²) in [5.41, 5.74) is 0. The van der Waals surface area contributed by atoms with Crippen molar-refractivity contribution in [2.24, 2.45) is 5.92 Å². The second-order valence-corrected chi connectivity index (χ2v) is 4.67. The van der Waals surface area contributed by atoms with Gasteiger partial charge in [-0.25, -0.2) is 0 Å². The first-order valence-corrected chi connectivity index (χ1v) is 6.21. The van der Waals surface area contributed by atoms with E-state index in [9.17, 15) is 4.79 Å². The molecule has 0 bridgehead atoms. The maximum absolute atomic E-state index is 11.7. The highest BCUT2D eigenvalue weighted by molar-refractivity contribution is 5.76. The van der Waals surface area contributed by atoms with Crippen LogP contribution in [-0.2, 0) is 9.53 Å². The molecule has 0 aliphatic carbocycles. The maximum Gasteiger partial charge on any atom is 0.220 e. The molecule has 1 amide bonds. The van der Waals surface area contributed by atoms with Gasteiger partial charge in [0.25, 0.3) is 0 Å². The molecule has 4 nitrogen and oxygen atoms in total. The van der Waals surface area contributed by atoms with Crippen molar-refractivity contribution in [2.45, 2.75) is 38.6 Å². The minimum Gasteiger partial charge on any atom is -0.385 e. The molecular weight excluding hydrogens is 204 g/mol. The van der Waals surface area contributed by atoms with Crippen LogP contribution in [0.5, 0.6) is 0 Å². The minimum atomic E-state index is 0.178. The van der Waals surface area contributed by atoms with E-state index in [0.29, 0.717) is 18.9 Å². The van der Waals surface area contributed by atoms with Crippen molar-refractivity contribution < 1.29 is 9.53 Å². The van der Waals surface area contributed by atoms with E-state index in [1.165, 1.54) is 12.8 Å².